The van der Waals surface area contributed by atoms with E-state index in [2.05, 4.69) is 10.6 Å². The van der Waals surface area contributed by atoms with Gasteiger partial charge in [-0.2, -0.15) is 23.7 Å². The molecule has 0 aromatic heterocycles. The van der Waals surface area contributed by atoms with E-state index in [-0.39, 0.29) is 22.0 Å². The number of allylic oxidation sites excluding steroid dienone is 1. The number of para-hydroxylation sites is 1. The van der Waals surface area contributed by atoms with Crippen molar-refractivity contribution >= 4 is 29.3 Å². The molecule has 2 amide bonds. The minimum atomic E-state index is -4.62. The summed E-state index contributed by atoms with van der Waals surface area (Å²) >= 11 is 0.812. The topological polar surface area (TPSA) is 106 Å². The Morgan fingerprint density at radius 1 is 1.32 bits per heavy atom. The van der Waals surface area contributed by atoms with Crippen molar-refractivity contribution < 1.29 is 22.8 Å². The van der Waals surface area contributed by atoms with Crippen molar-refractivity contribution in [2.75, 3.05) is 11.1 Å². The maximum atomic E-state index is 13.0. The van der Waals surface area contributed by atoms with Crippen molar-refractivity contribution in [1.29, 1.82) is 10.5 Å². The van der Waals surface area contributed by atoms with E-state index < -0.39 is 34.9 Å². The van der Waals surface area contributed by atoms with Crippen LogP contribution in [0.5, 0.6) is 0 Å². The summed E-state index contributed by atoms with van der Waals surface area (Å²) in [5.41, 5.74) is -2.29. The fraction of sp³-hybridized carbons (Fsp3) is 0.333. The summed E-state index contributed by atoms with van der Waals surface area (Å²) in [4.78, 5) is 24.2. The molecule has 2 rings (SSSR count). The highest BCUT2D eigenvalue weighted by Gasteiger charge is 2.44. The number of amides is 2. The number of nitrogens with one attached hydrogen (secondary N) is 2. The quantitative estimate of drug-likeness (QED) is 0.794. The van der Waals surface area contributed by atoms with E-state index in [1.807, 2.05) is 12.1 Å². The lowest BCUT2D eigenvalue weighted by atomic mass is 9.72. The smallest absolute Gasteiger partial charge is 0.325 e. The van der Waals surface area contributed by atoms with Gasteiger partial charge in [0, 0.05) is 5.41 Å². The highest BCUT2D eigenvalue weighted by Crippen LogP contribution is 2.42. The highest BCUT2D eigenvalue weighted by molar-refractivity contribution is 8.03. The Kier molecular flexibility index (Phi) is 6.05. The van der Waals surface area contributed by atoms with Crippen molar-refractivity contribution in [3.05, 3.63) is 40.4 Å². The molecule has 0 bridgehead atoms. The van der Waals surface area contributed by atoms with Gasteiger partial charge in [0.05, 0.1) is 39.7 Å². The molecule has 1 aliphatic heterocycles. The van der Waals surface area contributed by atoms with Crippen LogP contribution in [0.3, 0.4) is 0 Å². The number of anilines is 1. The summed E-state index contributed by atoms with van der Waals surface area (Å²) in [5, 5.41) is 23.3. The van der Waals surface area contributed by atoms with Gasteiger partial charge in [-0.15, -0.1) is 0 Å². The second-order valence-corrected chi connectivity index (χ2v) is 7.45. The molecular formula is C18H15F3N4O2S. The molecule has 146 valence electrons. The Morgan fingerprint density at radius 3 is 2.54 bits per heavy atom. The van der Waals surface area contributed by atoms with Gasteiger partial charge in [-0.3, -0.25) is 9.59 Å². The van der Waals surface area contributed by atoms with Crippen LogP contribution >= 0.6 is 11.8 Å². The molecule has 0 unspecified atom stereocenters. The number of alkyl halides is 3. The summed E-state index contributed by atoms with van der Waals surface area (Å²) in [6.07, 6.45) is -4.62. The molecule has 2 N–H and O–H groups in total. The van der Waals surface area contributed by atoms with Crippen LogP contribution in [0.15, 0.2) is 34.9 Å². The second kappa shape index (κ2) is 7.95. The Morgan fingerprint density at radius 2 is 1.96 bits per heavy atom. The first-order valence-electron chi connectivity index (χ1n) is 7.96. The molecule has 0 saturated carbocycles. The van der Waals surface area contributed by atoms with Crippen LogP contribution in [-0.4, -0.2) is 17.6 Å². The zero-order chi connectivity index (χ0) is 21.1. The monoisotopic (exact) mass is 408 g/mol. The molecule has 1 atom stereocenters. The standard InChI is InChI=1S/C18H15F3N4O2S/c1-17(2)11(7-22)15(27)25-16(12(17)8-23)28-9-14(26)24-13-6-4-3-5-10(13)18(19,20)21/h3-6,11H,9H2,1-2H3,(H,24,26)(H,25,27)/t11-/m1/s1. The third kappa shape index (κ3) is 4.29. The summed E-state index contributed by atoms with van der Waals surface area (Å²) in [6.45, 7) is 3.14. The van der Waals surface area contributed by atoms with Crippen LogP contribution in [0.25, 0.3) is 0 Å². The lowest BCUT2D eigenvalue weighted by molar-refractivity contribution is -0.137. The van der Waals surface area contributed by atoms with Crippen molar-refractivity contribution in [3.8, 4) is 12.1 Å². The fourth-order valence-corrected chi connectivity index (χ4v) is 3.67. The molecule has 0 radical (unpaired) electrons. The third-order valence-electron chi connectivity index (χ3n) is 4.19. The fourth-order valence-electron chi connectivity index (χ4n) is 2.70. The average molecular weight is 408 g/mol. The minimum absolute atomic E-state index is 0.114. The molecule has 0 spiro atoms. The van der Waals surface area contributed by atoms with Crippen molar-refractivity contribution in [1.82, 2.24) is 5.32 Å². The first-order valence-corrected chi connectivity index (χ1v) is 8.95. The van der Waals surface area contributed by atoms with Crippen molar-refractivity contribution in [2.24, 2.45) is 11.3 Å². The Hall–Kier alpha value is -2.98. The number of benzene rings is 1. The van der Waals surface area contributed by atoms with Gasteiger partial charge in [-0.05, 0) is 12.1 Å². The maximum Gasteiger partial charge on any atom is 0.418 e. The lowest BCUT2D eigenvalue weighted by Gasteiger charge is -2.34. The number of carbonyl (C=O) groups is 2. The van der Waals surface area contributed by atoms with Gasteiger partial charge in [0.15, 0.2) is 0 Å². The number of carbonyl (C=O) groups excluding carboxylic acids is 2. The first-order chi connectivity index (χ1) is 13.0. The Balaban J connectivity index is 2.18. The number of halogens is 3. The van der Waals surface area contributed by atoms with E-state index in [0.717, 1.165) is 23.9 Å². The van der Waals surface area contributed by atoms with E-state index in [0.29, 0.717) is 0 Å². The second-order valence-electron chi connectivity index (χ2n) is 6.47. The van der Waals surface area contributed by atoms with Gasteiger partial charge >= 0.3 is 6.18 Å². The van der Waals surface area contributed by atoms with Crippen LogP contribution in [-0.2, 0) is 15.8 Å². The van der Waals surface area contributed by atoms with Crippen molar-refractivity contribution in [3.63, 3.8) is 0 Å². The van der Waals surface area contributed by atoms with Crippen LogP contribution in [0.4, 0.5) is 18.9 Å². The van der Waals surface area contributed by atoms with Crippen LogP contribution in [0, 0.1) is 34.0 Å². The average Bonchev–Trinajstić information content (AvgIpc) is 2.59. The Bertz CT molecular complexity index is 926. The molecule has 1 aromatic carbocycles. The van der Waals surface area contributed by atoms with E-state index in [1.54, 1.807) is 13.8 Å². The third-order valence-corrected chi connectivity index (χ3v) is 5.19. The van der Waals surface area contributed by atoms with Gasteiger partial charge in [0.1, 0.15) is 5.92 Å². The van der Waals surface area contributed by atoms with Crippen LogP contribution in [0.2, 0.25) is 0 Å². The lowest BCUT2D eigenvalue weighted by Crippen LogP contribution is -2.44. The summed E-state index contributed by atoms with van der Waals surface area (Å²) in [5.74, 6) is -2.74. The molecule has 0 fully saturated rings. The van der Waals surface area contributed by atoms with Gasteiger partial charge in [0.25, 0.3) is 0 Å². The van der Waals surface area contributed by atoms with E-state index in [4.69, 9.17) is 5.26 Å². The number of thioether (sulfide) groups is 1. The number of hydrogen-bond donors (Lipinski definition) is 2. The van der Waals surface area contributed by atoms with Gasteiger partial charge < -0.3 is 10.6 Å². The first kappa shape index (κ1) is 21.3. The Labute approximate surface area is 163 Å². The minimum Gasteiger partial charge on any atom is -0.325 e. The normalized spacial score (nSPS) is 18.7. The molecule has 0 aliphatic carbocycles. The maximum absolute atomic E-state index is 13.0. The van der Waals surface area contributed by atoms with Crippen molar-refractivity contribution in [2.45, 2.75) is 20.0 Å². The zero-order valence-electron chi connectivity index (χ0n) is 14.8. The SMILES string of the molecule is CC1(C)C(C#N)=C(SCC(=O)Nc2ccccc2C(F)(F)F)NC(=O)[C@H]1C#N. The van der Waals surface area contributed by atoms with Gasteiger partial charge in [-0.1, -0.05) is 37.7 Å². The summed E-state index contributed by atoms with van der Waals surface area (Å²) in [7, 11) is 0. The molecule has 10 heteroatoms. The van der Waals surface area contributed by atoms with Gasteiger partial charge in [0.2, 0.25) is 11.8 Å². The number of nitriles is 2. The summed E-state index contributed by atoms with van der Waals surface area (Å²) < 4.78 is 39.0. The molecular weight excluding hydrogens is 393 g/mol. The highest BCUT2D eigenvalue weighted by atomic mass is 32.2. The molecule has 1 aromatic rings. The van der Waals surface area contributed by atoms with Crippen LogP contribution < -0.4 is 10.6 Å². The predicted octanol–water partition coefficient (Wildman–Crippen LogP) is 3.41. The number of nitrogens with zero attached hydrogens (tertiary/aromatic N) is 2. The molecule has 6 nitrogen and oxygen atoms in total. The van der Waals surface area contributed by atoms with Gasteiger partial charge in [-0.25, -0.2) is 0 Å². The van der Waals surface area contributed by atoms with E-state index in [9.17, 15) is 28.0 Å². The number of hydrogen-bond acceptors (Lipinski definition) is 5. The molecule has 1 aliphatic rings. The zero-order valence-corrected chi connectivity index (χ0v) is 15.7. The van der Waals surface area contributed by atoms with E-state index >= 15 is 0 Å². The number of rotatable bonds is 4. The molecule has 1 heterocycles. The van der Waals surface area contributed by atoms with Crippen LogP contribution in [0.1, 0.15) is 19.4 Å². The largest absolute Gasteiger partial charge is 0.418 e. The predicted molar refractivity (Wildman–Crippen MR) is 96.2 cm³/mol. The molecule has 28 heavy (non-hydrogen) atoms. The molecule has 0 saturated heterocycles. The summed E-state index contributed by atoms with van der Waals surface area (Å²) in [6, 6.07) is 8.36. The van der Waals surface area contributed by atoms with E-state index in [1.165, 1.54) is 12.1 Å².